The van der Waals surface area contributed by atoms with Gasteiger partial charge >= 0.3 is 6.18 Å². The van der Waals surface area contributed by atoms with Crippen molar-refractivity contribution in [3.05, 3.63) is 48.0 Å². The monoisotopic (exact) mass is 529 g/mol. The average Bonchev–Trinajstić information content (AvgIpc) is 2.79. The number of amides is 2. The fourth-order valence-corrected chi connectivity index (χ4v) is 7.81. The fraction of sp³-hybridized carbons (Fsp3) is 0.600. The fourth-order valence-electron chi connectivity index (χ4n) is 5.56. The molecule has 2 saturated heterocycles. The molecule has 0 saturated carbocycles. The van der Waals surface area contributed by atoms with Crippen LogP contribution in [0.25, 0.3) is 0 Å². The largest absolute Gasteiger partial charge is 0.416 e. The van der Waals surface area contributed by atoms with Crippen molar-refractivity contribution in [3.8, 4) is 0 Å². The van der Waals surface area contributed by atoms with E-state index in [-0.39, 0.29) is 56.5 Å². The lowest BCUT2D eigenvalue weighted by molar-refractivity contribution is -0.137. The molecule has 1 N–H and O–H groups in total. The third-order valence-electron chi connectivity index (χ3n) is 7.15. The molecule has 0 spiro atoms. The van der Waals surface area contributed by atoms with Crippen molar-refractivity contribution >= 4 is 21.8 Å². The maximum absolute atomic E-state index is 13.6. The van der Waals surface area contributed by atoms with Gasteiger partial charge in [-0.3, -0.25) is 9.59 Å². The minimum absolute atomic E-state index is 0.0710. The third kappa shape index (κ3) is 5.77. The maximum atomic E-state index is 13.6. The molecule has 2 fully saturated rings. The summed E-state index contributed by atoms with van der Waals surface area (Å²) in [5, 5.41) is 2.25. The Bertz CT molecular complexity index is 1110. The summed E-state index contributed by atoms with van der Waals surface area (Å²) in [5.41, 5.74) is -2.07. The number of nitrogens with one attached hydrogen (secondary N) is 1. The predicted molar refractivity (Wildman–Crippen MR) is 131 cm³/mol. The molecule has 1 aromatic carbocycles. The number of carbonyl (C=O) groups is 2. The molecule has 200 valence electrons. The van der Waals surface area contributed by atoms with Gasteiger partial charge in [-0.15, -0.1) is 0 Å². The minimum Gasteiger partial charge on any atom is -0.349 e. The van der Waals surface area contributed by atoms with Gasteiger partial charge < -0.3 is 10.2 Å². The summed E-state index contributed by atoms with van der Waals surface area (Å²) >= 11 is 0. The minimum atomic E-state index is -4.55. The molecule has 7 nitrogen and oxygen atoms in total. The second kappa shape index (κ2) is 9.81. The Balaban J connectivity index is 1.70. The Hall–Kier alpha value is -2.40. The standard InChI is InChI=1S/C25H34F3N3O4S/c1-6-20(32)29-22-23(2,3)15-31(16-24(22,4)5)36(34,35)19-10-12-30(13-11-19)21(33)17-8-7-9-18(14-17)25(26,27)28/h6-9,14,19,22H,1,10-13,15-16H2,2-5H3,(H,29,32). The van der Waals surface area contributed by atoms with Crippen molar-refractivity contribution in [2.45, 2.75) is 58.0 Å². The molecule has 0 aromatic heterocycles. The van der Waals surface area contributed by atoms with Crippen LogP contribution in [0.3, 0.4) is 0 Å². The number of piperidine rings is 2. The Morgan fingerprint density at radius 3 is 2.14 bits per heavy atom. The summed E-state index contributed by atoms with van der Waals surface area (Å²) in [6.45, 7) is 11.9. The van der Waals surface area contributed by atoms with Crippen LogP contribution in [0.2, 0.25) is 0 Å². The summed E-state index contributed by atoms with van der Waals surface area (Å²) in [6, 6.07) is 3.99. The third-order valence-corrected chi connectivity index (χ3v) is 9.44. The number of sulfonamides is 1. The van der Waals surface area contributed by atoms with E-state index in [1.165, 1.54) is 27.4 Å². The quantitative estimate of drug-likeness (QED) is 0.590. The first kappa shape index (κ1) is 28.2. The van der Waals surface area contributed by atoms with E-state index in [0.29, 0.717) is 0 Å². The lowest BCUT2D eigenvalue weighted by Gasteiger charge is -2.53. The van der Waals surface area contributed by atoms with Crippen molar-refractivity contribution in [2.75, 3.05) is 26.2 Å². The number of halogens is 3. The van der Waals surface area contributed by atoms with Gasteiger partial charge in [0.1, 0.15) is 0 Å². The molecular formula is C25H34F3N3O4S. The van der Waals surface area contributed by atoms with Crippen molar-refractivity contribution < 1.29 is 31.2 Å². The van der Waals surface area contributed by atoms with E-state index >= 15 is 0 Å². The number of benzene rings is 1. The van der Waals surface area contributed by atoms with E-state index in [1.807, 2.05) is 27.7 Å². The Morgan fingerprint density at radius 2 is 1.64 bits per heavy atom. The molecular weight excluding hydrogens is 495 g/mol. The van der Waals surface area contributed by atoms with Crippen LogP contribution < -0.4 is 5.32 Å². The molecule has 2 amide bonds. The second-order valence-corrected chi connectivity index (χ2v) is 13.2. The molecule has 2 aliphatic rings. The smallest absolute Gasteiger partial charge is 0.349 e. The average molecular weight is 530 g/mol. The van der Waals surface area contributed by atoms with Gasteiger partial charge in [0.25, 0.3) is 5.91 Å². The second-order valence-electron chi connectivity index (χ2n) is 11.0. The molecule has 0 unspecified atom stereocenters. The molecule has 2 aliphatic heterocycles. The first-order valence-electron chi connectivity index (χ1n) is 11.9. The molecule has 0 atom stereocenters. The summed E-state index contributed by atoms with van der Waals surface area (Å²) in [4.78, 5) is 26.2. The molecule has 0 bridgehead atoms. The summed E-state index contributed by atoms with van der Waals surface area (Å²) in [7, 11) is -3.71. The molecule has 1 aromatic rings. The summed E-state index contributed by atoms with van der Waals surface area (Å²) < 4.78 is 67.8. The van der Waals surface area contributed by atoms with Gasteiger partial charge in [0.15, 0.2) is 0 Å². The van der Waals surface area contributed by atoms with Crippen LogP contribution in [0.1, 0.15) is 56.5 Å². The van der Waals surface area contributed by atoms with Gasteiger partial charge in [0.05, 0.1) is 10.8 Å². The van der Waals surface area contributed by atoms with Crippen molar-refractivity contribution in [1.29, 1.82) is 0 Å². The van der Waals surface area contributed by atoms with E-state index in [4.69, 9.17) is 0 Å². The first-order valence-corrected chi connectivity index (χ1v) is 13.4. The van der Waals surface area contributed by atoms with Crippen LogP contribution >= 0.6 is 0 Å². The number of carbonyl (C=O) groups excluding carboxylic acids is 2. The number of alkyl halides is 3. The van der Waals surface area contributed by atoms with Crippen LogP contribution in [-0.4, -0.2) is 66.9 Å². The van der Waals surface area contributed by atoms with Crippen molar-refractivity contribution in [3.63, 3.8) is 0 Å². The van der Waals surface area contributed by atoms with E-state index in [9.17, 15) is 31.2 Å². The van der Waals surface area contributed by atoms with E-state index < -0.39 is 43.8 Å². The van der Waals surface area contributed by atoms with Crippen molar-refractivity contribution in [1.82, 2.24) is 14.5 Å². The van der Waals surface area contributed by atoms with Gasteiger partial charge in [-0.05, 0) is 47.9 Å². The molecule has 0 radical (unpaired) electrons. The van der Waals surface area contributed by atoms with Gasteiger partial charge in [-0.25, -0.2) is 12.7 Å². The topological polar surface area (TPSA) is 86.8 Å². The summed E-state index contributed by atoms with van der Waals surface area (Å²) in [5.74, 6) is -0.853. The van der Waals surface area contributed by atoms with Gasteiger partial charge in [0, 0.05) is 37.8 Å². The highest BCUT2D eigenvalue weighted by Gasteiger charge is 2.51. The number of rotatable bonds is 5. The number of nitrogens with zero attached hydrogens (tertiary/aromatic N) is 2. The Labute approximate surface area is 210 Å². The highest BCUT2D eigenvalue weighted by Crippen LogP contribution is 2.42. The number of hydrogen-bond acceptors (Lipinski definition) is 4. The number of hydrogen-bond donors (Lipinski definition) is 1. The SMILES string of the molecule is C=CC(=O)NC1C(C)(C)CN(S(=O)(=O)C2CCN(C(=O)c3cccc(C(F)(F)F)c3)CC2)CC1(C)C. The normalized spacial score (nSPS) is 21.7. The van der Waals surface area contributed by atoms with E-state index in [2.05, 4.69) is 11.9 Å². The molecule has 11 heteroatoms. The van der Waals surface area contributed by atoms with Crippen LogP contribution in [0.15, 0.2) is 36.9 Å². The molecule has 0 aliphatic carbocycles. The van der Waals surface area contributed by atoms with Crippen LogP contribution in [0.5, 0.6) is 0 Å². The zero-order chi connectivity index (χ0) is 27.1. The highest BCUT2D eigenvalue weighted by molar-refractivity contribution is 7.89. The lowest BCUT2D eigenvalue weighted by Crippen LogP contribution is -2.65. The first-order chi connectivity index (χ1) is 16.5. The molecule has 3 rings (SSSR count). The van der Waals surface area contributed by atoms with E-state index in [1.54, 1.807) is 0 Å². The highest BCUT2D eigenvalue weighted by atomic mass is 32.2. The zero-order valence-corrected chi connectivity index (χ0v) is 21.9. The lowest BCUT2D eigenvalue weighted by atomic mass is 9.67. The molecule has 2 heterocycles. The Kier molecular flexibility index (Phi) is 7.68. The van der Waals surface area contributed by atoms with Crippen LogP contribution in [0, 0.1) is 10.8 Å². The Morgan fingerprint density at radius 1 is 1.08 bits per heavy atom. The maximum Gasteiger partial charge on any atom is 0.416 e. The van der Waals surface area contributed by atoms with E-state index in [0.717, 1.165) is 12.1 Å². The van der Waals surface area contributed by atoms with Crippen molar-refractivity contribution in [2.24, 2.45) is 10.8 Å². The number of likely N-dealkylation sites (tertiary alicyclic amines) is 1. The van der Waals surface area contributed by atoms with Crippen LogP contribution in [-0.2, 0) is 21.0 Å². The predicted octanol–water partition coefficient (Wildman–Crippen LogP) is 3.68. The van der Waals surface area contributed by atoms with Crippen LogP contribution in [0.4, 0.5) is 13.2 Å². The molecule has 36 heavy (non-hydrogen) atoms. The zero-order valence-electron chi connectivity index (χ0n) is 21.1. The van der Waals surface area contributed by atoms with Gasteiger partial charge in [-0.1, -0.05) is 40.3 Å². The summed E-state index contributed by atoms with van der Waals surface area (Å²) in [6.07, 6.45) is -2.97. The van der Waals surface area contributed by atoms with Gasteiger partial charge in [-0.2, -0.15) is 13.2 Å². The van der Waals surface area contributed by atoms with Gasteiger partial charge in [0.2, 0.25) is 15.9 Å².